The van der Waals surface area contributed by atoms with E-state index in [1.54, 1.807) is 25.1 Å². The number of anilines is 1. The number of rotatable bonds is 7. The van der Waals surface area contributed by atoms with Crippen LogP contribution in [0.3, 0.4) is 0 Å². The predicted molar refractivity (Wildman–Crippen MR) is 75.0 cm³/mol. The third kappa shape index (κ3) is 5.62. The summed E-state index contributed by atoms with van der Waals surface area (Å²) in [5.41, 5.74) is 0.772. The summed E-state index contributed by atoms with van der Waals surface area (Å²) in [5, 5.41) is 11.5. The van der Waals surface area contributed by atoms with Crippen LogP contribution in [-0.2, 0) is 9.84 Å². The van der Waals surface area contributed by atoms with E-state index in [0.29, 0.717) is 5.75 Å². The lowest BCUT2D eigenvalue weighted by molar-refractivity contribution is 0.368. The highest BCUT2D eigenvalue weighted by molar-refractivity contribution is 7.91. The Hall–Kier alpha value is -1.74. The van der Waals surface area contributed by atoms with E-state index in [-0.39, 0.29) is 24.2 Å². The molecular formula is C13H18N2O3S. The number of nitrogens with one attached hydrogen (secondary N) is 1. The van der Waals surface area contributed by atoms with Gasteiger partial charge in [-0.25, -0.2) is 8.42 Å². The minimum absolute atomic E-state index is 0.0107. The highest BCUT2D eigenvalue weighted by atomic mass is 32.2. The van der Waals surface area contributed by atoms with Crippen LogP contribution < -0.4 is 10.1 Å². The number of ether oxygens (including phenoxy) is 1. The molecule has 1 aromatic carbocycles. The van der Waals surface area contributed by atoms with E-state index < -0.39 is 9.84 Å². The molecule has 1 aromatic rings. The van der Waals surface area contributed by atoms with Crippen LogP contribution in [0.1, 0.15) is 13.8 Å². The van der Waals surface area contributed by atoms with Gasteiger partial charge in [0.1, 0.15) is 11.8 Å². The Labute approximate surface area is 114 Å². The fourth-order valence-electron chi connectivity index (χ4n) is 1.62. The van der Waals surface area contributed by atoms with Gasteiger partial charge in [0, 0.05) is 23.5 Å². The van der Waals surface area contributed by atoms with E-state index in [0.717, 1.165) is 5.69 Å². The van der Waals surface area contributed by atoms with Gasteiger partial charge in [-0.2, -0.15) is 5.26 Å². The van der Waals surface area contributed by atoms with E-state index in [4.69, 9.17) is 10.00 Å². The second-order valence-electron chi connectivity index (χ2n) is 4.22. The highest BCUT2D eigenvalue weighted by Crippen LogP contribution is 2.18. The van der Waals surface area contributed by atoms with Gasteiger partial charge in [0.25, 0.3) is 0 Å². The molecule has 0 fully saturated rings. The van der Waals surface area contributed by atoms with Crippen LogP contribution >= 0.6 is 0 Å². The maximum atomic E-state index is 11.5. The van der Waals surface area contributed by atoms with Gasteiger partial charge in [-0.05, 0) is 19.1 Å². The molecule has 104 valence electrons. The maximum absolute atomic E-state index is 11.5. The second kappa shape index (κ2) is 7.00. The Morgan fingerprint density at radius 2 is 2.21 bits per heavy atom. The summed E-state index contributed by atoms with van der Waals surface area (Å²) in [6, 6.07) is 8.81. The zero-order valence-corrected chi connectivity index (χ0v) is 11.9. The number of hydrogen-bond acceptors (Lipinski definition) is 5. The van der Waals surface area contributed by atoms with Gasteiger partial charge in [0.05, 0.1) is 5.75 Å². The van der Waals surface area contributed by atoms with Crippen molar-refractivity contribution in [3.05, 3.63) is 24.3 Å². The van der Waals surface area contributed by atoms with Crippen molar-refractivity contribution in [1.82, 2.24) is 0 Å². The Kier molecular flexibility index (Phi) is 5.64. The van der Waals surface area contributed by atoms with Crippen LogP contribution in [0.4, 0.5) is 5.69 Å². The van der Waals surface area contributed by atoms with Gasteiger partial charge < -0.3 is 10.1 Å². The quantitative estimate of drug-likeness (QED) is 0.825. The molecule has 0 aromatic heterocycles. The number of hydrogen-bond donors (Lipinski definition) is 1. The first kappa shape index (κ1) is 15.3. The average Bonchev–Trinajstić information content (AvgIpc) is 2.36. The molecule has 1 N–H and O–H groups in total. The molecule has 0 saturated carbocycles. The lowest BCUT2D eigenvalue weighted by Gasteiger charge is -2.15. The highest BCUT2D eigenvalue weighted by Gasteiger charge is 2.13. The van der Waals surface area contributed by atoms with Crippen LogP contribution in [0.25, 0.3) is 0 Å². The van der Waals surface area contributed by atoms with Crippen molar-refractivity contribution in [2.75, 3.05) is 23.4 Å². The van der Waals surface area contributed by atoms with Crippen LogP contribution in [0, 0.1) is 11.3 Å². The van der Waals surface area contributed by atoms with Crippen molar-refractivity contribution in [1.29, 1.82) is 5.26 Å². The smallest absolute Gasteiger partial charge is 0.174 e. The molecule has 1 atom stereocenters. The summed E-state index contributed by atoms with van der Waals surface area (Å²) in [7, 11) is -3.00. The minimum atomic E-state index is -3.00. The zero-order valence-electron chi connectivity index (χ0n) is 11.1. The number of sulfone groups is 1. The van der Waals surface area contributed by atoms with E-state index in [2.05, 4.69) is 5.32 Å². The lowest BCUT2D eigenvalue weighted by Crippen LogP contribution is -2.26. The van der Waals surface area contributed by atoms with E-state index >= 15 is 0 Å². The Bertz CT molecular complexity index is 549. The normalized spacial score (nSPS) is 12.5. The molecule has 0 aliphatic heterocycles. The van der Waals surface area contributed by atoms with Crippen molar-refractivity contribution in [3.8, 4) is 11.8 Å². The van der Waals surface area contributed by atoms with E-state index in [1.165, 1.54) is 0 Å². The molecule has 0 radical (unpaired) electrons. The Morgan fingerprint density at radius 3 is 2.84 bits per heavy atom. The molecule has 0 amide bonds. The van der Waals surface area contributed by atoms with Gasteiger partial charge in [0.2, 0.25) is 0 Å². The lowest BCUT2D eigenvalue weighted by atomic mass is 10.2. The van der Waals surface area contributed by atoms with E-state index in [1.807, 2.05) is 19.1 Å². The van der Waals surface area contributed by atoms with Crippen LogP contribution in [0.2, 0.25) is 0 Å². The number of nitrogens with zero attached hydrogens (tertiary/aromatic N) is 1. The van der Waals surface area contributed by atoms with Crippen molar-refractivity contribution in [2.45, 2.75) is 19.9 Å². The number of nitriles is 1. The molecule has 0 aliphatic carbocycles. The SMILES string of the molecule is CCS(=O)(=O)CC(C)Nc1cccc(OCC#N)c1. The molecule has 1 unspecified atom stereocenters. The average molecular weight is 282 g/mol. The molecule has 0 saturated heterocycles. The summed E-state index contributed by atoms with van der Waals surface area (Å²) in [5.74, 6) is 0.814. The zero-order chi connectivity index (χ0) is 14.3. The second-order valence-corrected chi connectivity index (χ2v) is 6.62. The molecule has 0 heterocycles. The molecule has 0 bridgehead atoms. The van der Waals surface area contributed by atoms with Crippen LogP contribution in [0.5, 0.6) is 5.75 Å². The Morgan fingerprint density at radius 1 is 1.47 bits per heavy atom. The Balaban J connectivity index is 2.64. The topological polar surface area (TPSA) is 79.2 Å². The number of benzene rings is 1. The van der Waals surface area contributed by atoms with Crippen molar-refractivity contribution < 1.29 is 13.2 Å². The van der Waals surface area contributed by atoms with Crippen molar-refractivity contribution in [2.24, 2.45) is 0 Å². The largest absolute Gasteiger partial charge is 0.479 e. The monoisotopic (exact) mass is 282 g/mol. The molecule has 0 spiro atoms. The molecule has 0 aliphatic rings. The summed E-state index contributed by atoms with van der Waals surface area (Å²) >= 11 is 0. The maximum Gasteiger partial charge on any atom is 0.174 e. The van der Waals surface area contributed by atoms with Gasteiger partial charge >= 0.3 is 0 Å². The summed E-state index contributed by atoms with van der Waals surface area (Å²) in [6.45, 7) is 3.44. The van der Waals surface area contributed by atoms with Crippen LogP contribution in [-0.4, -0.2) is 32.6 Å². The molecule has 5 nitrogen and oxygen atoms in total. The summed E-state index contributed by atoms with van der Waals surface area (Å²) in [6.07, 6.45) is 0. The minimum Gasteiger partial charge on any atom is -0.479 e. The third-order valence-corrected chi connectivity index (χ3v) is 4.38. The third-order valence-electron chi connectivity index (χ3n) is 2.49. The molecule has 19 heavy (non-hydrogen) atoms. The van der Waals surface area contributed by atoms with Gasteiger partial charge in [-0.15, -0.1) is 0 Å². The van der Waals surface area contributed by atoms with E-state index in [9.17, 15) is 8.42 Å². The molecular weight excluding hydrogens is 264 g/mol. The standard InChI is InChI=1S/C13H18N2O3S/c1-3-19(16,17)10-11(2)15-12-5-4-6-13(9-12)18-8-7-14/h4-6,9,11,15H,3,8,10H2,1-2H3. The fraction of sp³-hybridized carbons (Fsp3) is 0.462. The van der Waals surface area contributed by atoms with Gasteiger partial charge in [0.15, 0.2) is 16.4 Å². The summed E-state index contributed by atoms with van der Waals surface area (Å²) in [4.78, 5) is 0. The summed E-state index contributed by atoms with van der Waals surface area (Å²) < 4.78 is 28.2. The molecule has 1 rings (SSSR count). The molecule has 6 heteroatoms. The fourth-order valence-corrected chi connectivity index (χ4v) is 2.70. The van der Waals surface area contributed by atoms with Crippen LogP contribution in [0.15, 0.2) is 24.3 Å². The van der Waals surface area contributed by atoms with Crippen molar-refractivity contribution >= 4 is 15.5 Å². The first-order valence-corrected chi connectivity index (χ1v) is 7.85. The van der Waals surface area contributed by atoms with Gasteiger partial charge in [-0.3, -0.25) is 0 Å². The first-order valence-electron chi connectivity index (χ1n) is 6.03. The van der Waals surface area contributed by atoms with Crippen molar-refractivity contribution in [3.63, 3.8) is 0 Å². The predicted octanol–water partition coefficient (Wildman–Crippen LogP) is 1.82. The first-order chi connectivity index (χ1) is 8.96. The van der Waals surface area contributed by atoms with Gasteiger partial charge in [-0.1, -0.05) is 13.0 Å².